The van der Waals surface area contributed by atoms with Gasteiger partial charge in [-0.25, -0.2) is 4.98 Å². The molecular weight excluding hydrogens is 308 g/mol. The van der Waals surface area contributed by atoms with Crippen LogP contribution < -0.4 is 10.2 Å². The molecule has 0 bridgehead atoms. The molecule has 118 valence electrons. The van der Waals surface area contributed by atoms with Gasteiger partial charge in [0.05, 0.1) is 17.5 Å². The van der Waals surface area contributed by atoms with Crippen molar-refractivity contribution in [1.82, 2.24) is 9.97 Å². The lowest BCUT2D eigenvalue weighted by Gasteiger charge is -2.21. The zero-order valence-electron chi connectivity index (χ0n) is 12.2. The number of rotatable bonds is 6. The summed E-state index contributed by atoms with van der Waals surface area (Å²) in [6.07, 6.45) is 0.0551. The summed E-state index contributed by atoms with van der Waals surface area (Å²) < 4.78 is 0. The molecule has 0 atom stereocenters. The summed E-state index contributed by atoms with van der Waals surface area (Å²) in [6, 6.07) is 5.22. The molecule has 7 nitrogen and oxygen atoms in total. The number of aromatic amines is 1. The quantitative estimate of drug-likeness (QED) is 0.611. The van der Waals surface area contributed by atoms with E-state index in [1.807, 2.05) is 0 Å². The number of nitrogens with one attached hydrogen (secondary N) is 3. The molecule has 0 saturated carbocycles. The smallest absolute Gasteiger partial charge is 0.303 e. The van der Waals surface area contributed by atoms with Gasteiger partial charge in [0.25, 0.3) is 0 Å². The number of imidazole rings is 1. The summed E-state index contributed by atoms with van der Waals surface area (Å²) >= 11 is 5.48. The number of amides is 1. The fourth-order valence-corrected chi connectivity index (χ4v) is 2.33. The molecule has 2 aromatic rings. The van der Waals surface area contributed by atoms with Crippen LogP contribution in [0, 0.1) is 5.41 Å². The van der Waals surface area contributed by atoms with E-state index in [0.717, 1.165) is 5.52 Å². The second-order valence-electron chi connectivity index (χ2n) is 5.87. The van der Waals surface area contributed by atoms with Crippen molar-refractivity contribution in [3.05, 3.63) is 18.2 Å². The Hall–Kier alpha value is -2.28. The van der Waals surface area contributed by atoms with Crippen molar-refractivity contribution in [3.63, 3.8) is 0 Å². The zero-order valence-corrected chi connectivity index (χ0v) is 13.0. The maximum absolute atomic E-state index is 12.0. The van der Waals surface area contributed by atoms with Crippen LogP contribution in [0.1, 0.15) is 26.7 Å². The molecule has 8 heteroatoms. The summed E-state index contributed by atoms with van der Waals surface area (Å²) in [4.78, 5) is 32.3. The van der Waals surface area contributed by atoms with Crippen LogP contribution in [0.2, 0.25) is 0 Å². The summed E-state index contributed by atoms with van der Waals surface area (Å²) in [7, 11) is 0. The lowest BCUT2D eigenvalue weighted by molar-refractivity contribution is -0.139. The Morgan fingerprint density at radius 1 is 1.36 bits per heavy atom. The molecule has 0 saturated heterocycles. The molecule has 0 aliphatic carbocycles. The number of hydrogen-bond donors (Lipinski definition) is 4. The van der Waals surface area contributed by atoms with Gasteiger partial charge in [-0.2, -0.15) is 0 Å². The van der Waals surface area contributed by atoms with E-state index in [1.54, 1.807) is 32.0 Å². The molecule has 4 N–H and O–H groups in total. The average Bonchev–Trinajstić information content (AvgIpc) is 2.78. The second-order valence-corrected chi connectivity index (χ2v) is 6.06. The first-order valence-corrected chi connectivity index (χ1v) is 7.05. The predicted molar refractivity (Wildman–Crippen MR) is 84.8 cm³/mol. The Labute approximate surface area is 132 Å². The summed E-state index contributed by atoms with van der Waals surface area (Å²) in [5.74, 6) is -0.735. The molecule has 1 amide bonds. The lowest BCUT2D eigenvalue weighted by atomic mass is 9.85. The van der Waals surface area contributed by atoms with Crippen molar-refractivity contribution < 1.29 is 14.7 Å². The molecule has 0 aliphatic rings. The molecule has 0 fully saturated rings. The molecule has 0 radical (unpaired) electrons. The molecule has 0 spiro atoms. The monoisotopic (exact) mass is 324 g/mol. The van der Waals surface area contributed by atoms with Crippen molar-refractivity contribution in [1.29, 1.82) is 0 Å². The number of nitrogens with zero attached hydrogens (tertiary/aromatic N) is 1. The van der Waals surface area contributed by atoms with E-state index in [-0.39, 0.29) is 18.7 Å². The van der Waals surface area contributed by atoms with Gasteiger partial charge in [-0.05, 0) is 23.6 Å². The highest BCUT2D eigenvalue weighted by Crippen LogP contribution is 2.26. The Bertz CT molecular complexity index is 711. The van der Waals surface area contributed by atoms with Gasteiger partial charge < -0.3 is 15.4 Å². The Morgan fingerprint density at radius 2 is 2.09 bits per heavy atom. The van der Waals surface area contributed by atoms with Crippen LogP contribution in [-0.2, 0) is 9.59 Å². The number of carbonyl (C=O) groups excluding carboxylic acids is 1. The van der Waals surface area contributed by atoms with Gasteiger partial charge in [-0.1, -0.05) is 13.8 Å². The highest BCUT2D eigenvalue weighted by atomic mass is 35.5. The molecule has 0 unspecified atom stereocenters. The van der Waals surface area contributed by atoms with Crippen molar-refractivity contribution in [2.75, 3.05) is 10.2 Å². The SMILES string of the molecule is CC(C)(CC(=O)O)CC(=O)Nc1ccc2nc(NCl)[nH]c2c1. The number of halogens is 1. The normalized spacial score (nSPS) is 11.4. The average molecular weight is 325 g/mol. The summed E-state index contributed by atoms with van der Waals surface area (Å²) in [6.45, 7) is 3.49. The van der Waals surface area contributed by atoms with E-state index in [2.05, 4.69) is 20.1 Å². The molecule has 1 aromatic carbocycles. The van der Waals surface area contributed by atoms with E-state index in [9.17, 15) is 9.59 Å². The van der Waals surface area contributed by atoms with E-state index >= 15 is 0 Å². The van der Waals surface area contributed by atoms with Crippen LogP contribution >= 0.6 is 11.8 Å². The number of fused-ring (bicyclic) bond motifs is 1. The minimum absolute atomic E-state index is 0.0647. The topological polar surface area (TPSA) is 107 Å². The first-order valence-electron chi connectivity index (χ1n) is 6.67. The Morgan fingerprint density at radius 3 is 2.73 bits per heavy atom. The van der Waals surface area contributed by atoms with Gasteiger partial charge in [0.15, 0.2) is 0 Å². The van der Waals surface area contributed by atoms with Crippen molar-refractivity contribution in [2.45, 2.75) is 26.7 Å². The molecule has 1 heterocycles. The van der Waals surface area contributed by atoms with E-state index < -0.39 is 11.4 Å². The number of carboxylic acid groups (broad SMARTS) is 1. The fraction of sp³-hybridized carbons (Fsp3) is 0.357. The van der Waals surface area contributed by atoms with Crippen LogP contribution in [-0.4, -0.2) is 27.0 Å². The van der Waals surface area contributed by atoms with Crippen LogP contribution in [0.5, 0.6) is 0 Å². The fourth-order valence-electron chi connectivity index (χ4n) is 2.24. The van der Waals surface area contributed by atoms with Gasteiger partial charge in [0, 0.05) is 23.9 Å². The second kappa shape index (κ2) is 6.23. The Balaban J connectivity index is 2.06. The van der Waals surface area contributed by atoms with Gasteiger partial charge in [0.1, 0.15) is 0 Å². The van der Waals surface area contributed by atoms with Crippen molar-refractivity contribution in [2.24, 2.45) is 5.41 Å². The molecule has 22 heavy (non-hydrogen) atoms. The van der Waals surface area contributed by atoms with E-state index in [1.165, 1.54) is 0 Å². The standard InChI is InChI=1S/C14H17ClN4O3/c1-14(2,7-12(21)22)6-11(20)16-8-3-4-9-10(5-8)18-13(17-9)19-15/h3-5H,6-7H2,1-2H3,(H,16,20)(H,21,22)(H2,17,18,19). The third-order valence-corrected chi connectivity index (χ3v) is 3.30. The summed E-state index contributed by atoms with van der Waals surface area (Å²) in [5, 5.41) is 11.6. The number of anilines is 2. The first kappa shape index (κ1) is 16.1. The number of aromatic nitrogens is 2. The lowest BCUT2D eigenvalue weighted by Crippen LogP contribution is -2.24. The van der Waals surface area contributed by atoms with Gasteiger partial charge in [0.2, 0.25) is 11.9 Å². The van der Waals surface area contributed by atoms with Crippen molar-refractivity contribution >= 4 is 46.3 Å². The Kier molecular flexibility index (Phi) is 4.56. The maximum Gasteiger partial charge on any atom is 0.303 e. The molecular formula is C14H17ClN4O3. The van der Waals surface area contributed by atoms with Gasteiger partial charge >= 0.3 is 5.97 Å². The van der Waals surface area contributed by atoms with Crippen LogP contribution in [0.25, 0.3) is 11.0 Å². The zero-order chi connectivity index (χ0) is 16.3. The molecule has 0 aliphatic heterocycles. The largest absolute Gasteiger partial charge is 0.481 e. The highest BCUT2D eigenvalue weighted by molar-refractivity contribution is 6.23. The van der Waals surface area contributed by atoms with Crippen LogP contribution in [0.4, 0.5) is 11.6 Å². The number of H-pyrrole nitrogens is 1. The van der Waals surface area contributed by atoms with Gasteiger partial charge in [-0.15, -0.1) is 0 Å². The minimum Gasteiger partial charge on any atom is -0.481 e. The third-order valence-electron chi connectivity index (χ3n) is 3.12. The maximum atomic E-state index is 12.0. The van der Waals surface area contributed by atoms with E-state index in [4.69, 9.17) is 16.9 Å². The van der Waals surface area contributed by atoms with Crippen LogP contribution in [0.3, 0.4) is 0 Å². The third kappa shape index (κ3) is 4.11. The number of hydrogen-bond acceptors (Lipinski definition) is 4. The summed E-state index contributed by atoms with van der Waals surface area (Å²) in [5.41, 5.74) is 1.44. The number of carboxylic acids is 1. The van der Waals surface area contributed by atoms with Crippen molar-refractivity contribution in [3.8, 4) is 0 Å². The predicted octanol–water partition coefficient (Wildman–Crippen LogP) is 2.96. The number of aliphatic carboxylic acids is 1. The minimum atomic E-state index is -0.919. The first-order chi connectivity index (χ1) is 10.3. The molecule has 1 aromatic heterocycles. The van der Waals surface area contributed by atoms with E-state index in [0.29, 0.717) is 17.2 Å². The highest BCUT2D eigenvalue weighted by Gasteiger charge is 2.25. The van der Waals surface area contributed by atoms with Crippen LogP contribution in [0.15, 0.2) is 18.2 Å². The number of benzene rings is 1. The molecule has 2 rings (SSSR count). The number of carbonyl (C=O) groups is 2. The van der Waals surface area contributed by atoms with Gasteiger partial charge in [-0.3, -0.25) is 14.4 Å².